The van der Waals surface area contributed by atoms with E-state index < -0.39 is 0 Å². The van der Waals surface area contributed by atoms with Crippen molar-refractivity contribution in [3.8, 4) is 0 Å². The van der Waals surface area contributed by atoms with Gasteiger partial charge in [0.15, 0.2) is 0 Å². The fourth-order valence-electron chi connectivity index (χ4n) is 1.88. The van der Waals surface area contributed by atoms with Crippen LogP contribution in [0.2, 0.25) is 0 Å². The van der Waals surface area contributed by atoms with Gasteiger partial charge in [-0.15, -0.1) is 0 Å². The average Bonchev–Trinajstić information content (AvgIpc) is 3.12. The first kappa shape index (κ1) is 12.2. The van der Waals surface area contributed by atoms with Gasteiger partial charge < -0.3 is 4.74 Å². The van der Waals surface area contributed by atoms with E-state index in [-0.39, 0.29) is 17.5 Å². The maximum Gasteiger partial charge on any atom is 0.306 e. The average molecular weight is 232 g/mol. The topological polar surface area (TPSA) is 26.3 Å². The molecule has 0 aliphatic heterocycles. The minimum atomic E-state index is -0.0449. The molecule has 92 valence electrons. The van der Waals surface area contributed by atoms with Gasteiger partial charge in [0.2, 0.25) is 0 Å². The zero-order chi connectivity index (χ0) is 12.3. The number of esters is 1. The maximum atomic E-state index is 11.5. The van der Waals surface area contributed by atoms with Crippen LogP contribution in [0.15, 0.2) is 30.3 Å². The molecule has 1 aromatic carbocycles. The molecule has 0 unspecified atom stereocenters. The van der Waals surface area contributed by atoms with Gasteiger partial charge in [0, 0.05) is 6.42 Å². The number of carbonyl (C=O) groups excluding carboxylic acids is 1. The number of carbonyl (C=O) groups is 1. The SMILES string of the molecule is CC(C)(CCC(=O)OC1CC1)c1ccccc1. The van der Waals surface area contributed by atoms with Gasteiger partial charge in [-0.25, -0.2) is 0 Å². The first-order chi connectivity index (χ1) is 8.08. The molecule has 0 spiro atoms. The molecule has 0 aromatic heterocycles. The number of hydrogen-bond donors (Lipinski definition) is 0. The monoisotopic (exact) mass is 232 g/mol. The van der Waals surface area contributed by atoms with E-state index in [0.717, 1.165) is 19.3 Å². The molecule has 17 heavy (non-hydrogen) atoms. The van der Waals surface area contributed by atoms with E-state index in [4.69, 9.17) is 4.74 Å². The molecule has 0 saturated heterocycles. The number of rotatable bonds is 5. The van der Waals surface area contributed by atoms with Crippen LogP contribution in [0, 0.1) is 0 Å². The first-order valence-corrected chi connectivity index (χ1v) is 6.33. The molecule has 1 aliphatic carbocycles. The summed E-state index contributed by atoms with van der Waals surface area (Å²) >= 11 is 0. The van der Waals surface area contributed by atoms with Crippen molar-refractivity contribution in [1.82, 2.24) is 0 Å². The summed E-state index contributed by atoms with van der Waals surface area (Å²) in [7, 11) is 0. The normalized spacial score (nSPS) is 15.6. The lowest BCUT2D eigenvalue weighted by atomic mass is 9.80. The molecule has 1 saturated carbocycles. The zero-order valence-corrected chi connectivity index (χ0v) is 10.6. The highest BCUT2D eigenvalue weighted by Gasteiger charge is 2.27. The molecule has 2 heteroatoms. The van der Waals surface area contributed by atoms with Crippen molar-refractivity contribution < 1.29 is 9.53 Å². The molecule has 0 bridgehead atoms. The van der Waals surface area contributed by atoms with Crippen molar-refractivity contribution in [2.45, 2.75) is 51.0 Å². The third-order valence-corrected chi connectivity index (χ3v) is 3.33. The Morgan fingerprint density at radius 2 is 1.94 bits per heavy atom. The van der Waals surface area contributed by atoms with Crippen molar-refractivity contribution in [3.05, 3.63) is 35.9 Å². The number of benzene rings is 1. The second-order valence-electron chi connectivity index (χ2n) is 5.44. The van der Waals surface area contributed by atoms with Crippen LogP contribution in [0.4, 0.5) is 0 Å². The number of ether oxygens (including phenoxy) is 1. The van der Waals surface area contributed by atoms with E-state index in [1.807, 2.05) is 18.2 Å². The largest absolute Gasteiger partial charge is 0.462 e. The van der Waals surface area contributed by atoms with Crippen LogP contribution in [-0.2, 0) is 14.9 Å². The molecule has 1 aromatic rings. The minimum absolute atomic E-state index is 0.0316. The Kier molecular flexibility index (Phi) is 3.51. The lowest BCUT2D eigenvalue weighted by molar-refractivity contribution is -0.145. The molecule has 0 amide bonds. The van der Waals surface area contributed by atoms with E-state index in [9.17, 15) is 4.79 Å². The van der Waals surface area contributed by atoms with Gasteiger partial charge in [-0.1, -0.05) is 44.2 Å². The predicted molar refractivity (Wildman–Crippen MR) is 67.8 cm³/mol. The number of hydrogen-bond acceptors (Lipinski definition) is 2. The maximum absolute atomic E-state index is 11.5. The molecular formula is C15H20O2. The van der Waals surface area contributed by atoms with Crippen molar-refractivity contribution in [2.75, 3.05) is 0 Å². The van der Waals surface area contributed by atoms with Crippen LogP contribution in [-0.4, -0.2) is 12.1 Å². The summed E-state index contributed by atoms with van der Waals surface area (Å²) in [6, 6.07) is 10.3. The minimum Gasteiger partial charge on any atom is -0.462 e. The molecule has 2 rings (SSSR count). The molecule has 0 radical (unpaired) electrons. The van der Waals surface area contributed by atoms with Gasteiger partial charge in [0.25, 0.3) is 0 Å². The Balaban J connectivity index is 1.86. The Bertz CT molecular complexity index is 377. The second kappa shape index (κ2) is 4.91. The van der Waals surface area contributed by atoms with Crippen molar-refractivity contribution in [1.29, 1.82) is 0 Å². The fraction of sp³-hybridized carbons (Fsp3) is 0.533. The van der Waals surface area contributed by atoms with Crippen LogP contribution in [0.25, 0.3) is 0 Å². The lowest BCUT2D eigenvalue weighted by Crippen LogP contribution is -2.19. The van der Waals surface area contributed by atoms with E-state index in [1.54, 1.807) is 0 Å². The summed E-state index contributed by atoms with van der Waals surface area (Å²) in [4.78, 5) is 11.5. The highest BCUT2D eigenvalue weighted by molar-refractivity contribution is 5.70. The van der Waals surface area contributed by atoms with Gasteiger partial charge in [-0.3, -0.25) is 4.79 Å². The third kappa shape index (κ3) is 3.58. The smallest absolute Gasteiger partial charge is 0.306 e. The van der Waals surface area contributed by atoms with Crippen LogP contribution in [0.3, 0.4) is 0 Å². The van der Waals surface area contributed by atoms with Gasteiger partial charge in [0.1, 0.15) is 6.10 Å². The van der Waals surface area contributed by atoms with Crippen LogP contribution >= 0.6 is 0 Å². The van der Waals surface area contributed by atoms with Crippen LogP contribution < -0.4 is 0 Å². The Hall–Kier alpha value is -1.31. The van der Waals surface area contributed by atoms with Crippen molar-refractivity contribution in [2.24, 2.45) is 0 Å². The highest BCUT2D eigenvalue weighted by atomic mass is 16.5. The highest BCUT2D eigenvalue weighted by Crippen LogP contribution is 2.29. The molecule has 0 atom stereocenters. The van der Waals surface area contributed by atoms with Gasteiger partial charge in [-0.2, -0.15) is 0 Å². The predicted octanol–water partition coefficient (Wildman–Crippen LogP) is 3.45. The Morgan fingerprint density at radius 3 is 2.53 bits per heavy atom. The van der Waals surface area contributed by atoms with Crippen molar-refractivity contribution in [3.63, 3.8) is 0 Å². The standard InChI is InChI=1S/C15H20O2/c1-15(2,12-6-4-3-5-7-12)11-10-14(16)17-13-8-9-13/h3-7,13H,8-11H2,1-2H3. The van der Waals surface area contributed by atoms with E-state index in [1.165, 1.54) is 5.56 Å². The zero-order valence-electron chi connectivity index (χ0n) is 10.6. The summed E-state index contributed by atoms with van der Waals surface area (Å²) in [6.07, 6.45) is 3.67. The van der Waals surface area contributed by atoms with E-state index in [2.05, 4.69) is 26.0 Å². The van der Waals surface area contributed by atoms with Gasteiger partial charge >= 0.3 is 5.97 Å². The Morgan fingerprint density at radius 1 is 1.29 bits per heavy atom. The Labute approximate surface area is 103 Å². The summed E-state index contributed by atoms with van der Waals surface area (Å²) < 4.78 is 5.25. The van der Waals surface area contributed by atoms with Crippen LogP contribution in [0.1, 0.15) is 45.1 Å². The van der Waals surface area contributed by atoms with E-state index >= 15 is 0 Å². The van der Waals surface area contributed by atoms with Crippen molar-refractivity contribution >= 4 is 5.97 Å². The molecule has 0 N–H and O–H groups in total. The van der Waals surface area contributed by atoms with Gasteiger partial charge in [0.05, 0.1) is 0 Å². The van der Waals surface area contributed by atoms with Crippen LogP contribution in [0.5, 0.6) is 0 Å². The fourth-order valence-corrected chi connectivity index (χ4v) is 1.88. The van der Waals surface area contributed by atoms with Gasteiger partial charge in [-0.05, 0) is 30.2 Å². The molecule has 0 heterocycles. The summed E-state index contributed by atoms with van der Waals surface area (Å²) in [6.45, 7) is 4.35. The third-order valence-electron chi connectivity index (χ3n) is 3.33. The lowest BCUT2D eigenvalue weighted by Gasteiger charge is -2.24. The quantitative estimate of drug-likeness (QED) is 0.727. The first-order valence-electron chi connectivity index (χ1n) is 6.33. The summed E-state index contributed by atoms with van der Waals surface area (Å²) in [5.74, 6) is -0.0449. The molecular weight excluding hydrogens is 212 g/mol. The molecule has 1 fully saturated rings. The second-order valence-corrected chi connectivity index (χ2v) is 5.44. The molecule has 2 nitrogen and oxygen atoms in total. The van der Waals surface area contributed by atoms with E-state index in [0.29, 0.717) is 6.42 Å². The summed E-state index contributed by atoms with van der Waals surface area (Å²) in [5, 5.41) is 0. The summed E-state index contributed by atoms with van der Waals surface area (Å²) in [5.41, 5.74) is 1.31. The molecule has 1 aliphatic rings.